The van der Waals surface area contributed by atoms with E-state index in [1.165, 1.54) is 70.3 Å². The summed E-state index contributed by atoms with van der Waals surface area (Å²) in [5.41, 5.74) is 1.18. The third-order valence-electron chi connectivity index (χ3n) is 16.3. The van der Waals surface area contributed by atoms with E-state index in [0.29, 0.717) is 48.0 Å². The van der Waals surface area contributed by atoms with E-state index in [0.717, 1.165) is 55.9 Å². The Morgan fingerprint density at radius 1 is 0.733 bits per heavy atom. The molecule has 0 amide bonds. The number of fused-ring (bicyclic) bond motifs is 4. The maximum Gasteiger partial charge on any atom is 0.333 e. The van der Waals surface area contributed by atoms with Gasteiger partial charge in [-0.1, -0.05) is 58.0 Å². The second-order valence-corrected chi connectivity index (χ2v) is 23.8. The number of esters is 4. The molecule has 16 heteroatoms. The van der Waals surface area contributed by atoms with Crippen molar-refractivity contribution in [2.24, 2.45) is 35.5 Å². The van der Waals surface area contributed by atoms with Crippen molar-refractivity contribution in [2.45, 2.75) is 207 Å². The Kier molecular flexibility index (Phi) is 21.0. The van der Waals surface area contributed by atoms with Gasteiger partial charge in [0.2, 0.25) is 0 Å². The number of hydrogen-bond acceptors (Lipinski definition) is 16. The molecule has 0 aromatic carbocycles. The standard InChI is InChI=1S/C12H18O2.C11H12O5.C11H12O4S.C9H14O.C8H14O.C5H7N.C3H3N/c1-2-14-12-6-9-3-10(7-12)5-11(13,4-9)8-12;1-4(2)10(12)15-8-6-3-5-7(14-6)9(8)16-11(5)13;1-4(2)10(12)14-7-6-3-5-9(16-6)8(7)15-11(5)13;1-2-10-9-6-7-3-4-8(9)5-7;1-2-9-8-6-4-3-5-7-8;1-5(2)3-4-6;1-2-3-4/h2,9-10,13H,1,3-8H2;2*5-9H,1,3H2,2H3;2,7-9H,1,3-6H2;2,8H,1,3-7H2;1,3H2,2H3;2H,1H2. The van der Waals surface area contributed by atoms with Gasteiger partial charge in [-0.2, -0.15) is 10.5 Å². The van der Waals surface area contributed by atoms with Crippen molar-refractivity contribution in [1.29, 1.82) is 10.5 Å². The first-order valence-electron chi connectivity index (χ1n) is 26.8. The first kappa shape index (κ1) is 59.0. The minimum absolute atomic E-state index is 0.0276. The molecule has 15 atom stereocenters. The van der Waals surface area contributed by atoms with Crippen LogP contribution in [0.4, 0.5) is 0 Å². The maximum absolute atomic E-state index is 11.5. The van der Waals surface area contributed by atoms with E-state index in [1.807, 2.05) is 13.0 Å². The van der Waals surface area contributed by atoms with Crippen LogP contribution >= 0.6 is 11.8 Å². The van der Waals surface area contributed by atoms with E-state index >= 15 is 0 Å². The van der Waals surface area contributed by atoms with Gasteiger partial charge >= 0.3 is 23.9 Å². The van der Waals surface area contributed by atoms with Crippen LogP contribution in [0, 0.1) is 58.2 Å². The first-order chi connectivity index (χ1) is 35.8. The summed E-state index contributed by atoms with van der Waals surface area (Å²) in [6.07, 6.45) is 25.4. The fourth-order valence-corrected chi connectivity index (χ4v) is 15.5. The number of rotatable bonds is 11. The summed E-state index contributed by atoms with van der Waals surface area (Å²) >= 11 is 1.72. The number of carbonyl (C=O) groups is 4. The summed E-state index contributed by atoms with van der Waals surface area (Å²) in [6.45, 7) is 29.5. The maximum atomic E-state index is 11.5. The molecule has 6 heterocycles. The highest BCUT2D eigenvalue weighted by atomic mass is 32.2. The van der Waals surface area contributed by atoms with E-state index in [-0.39, 0.29) is 64.3 Å². The van der Waals surface area contributed by atoms with Crippen molar-refractivity contribution in [3.05, 3.63) is 87.6 Å². The van der Waals surface area contributed by atoms with Crippen molar-refractivity contribution >= 4 is 35.6 Å². The Morgan fingerprint density at radius 2 is 1.35 bits per heavy atom. The van der Waals surface area contributed by atoms with Crippen LogP contribution in [-0.2, 0) is 57.1 Å². The Hall–Kier alpha value is -5.29. The summed E-state index contributed by atoms with van der Waals surface area (Å²) in [4.78, 5) is 45.7. The second-order valence-electron chi connectivity index (χ2n) is 22.4. The number of carbonyl (C=O) groups excluding carboxylic acids is 4. The molecule has 6 aliphatic heterocycles. The van der Waals surface area contributed by atoms with Gasteiger partial charge in [0, 0.05) is 28.9 Å². The van der Waals surface area contributed by atoms with Crippen molar-refractivity contribution in [1.82, 2.24) is 0 Å². The van der Waals surface area contributed by atoms with Crippen LogP contribution in [0.5, 0.6) is 0 Å². The molecule has 410 valence electrons. The van der Waals surface area contributed by atoms with Gasteiger partial charge in [0.15, 0.2) is 24.4 Å². The molecule has 7 saturated carbocycles. The largest absolute Gasteiger partial charge is 0.499 e. The monoisotopic (exact) mass is 1060 g/mol. The zero-order valence-electron chi connectivity index (χ0n) is 44.4. The fourth-order valence-electron chi connectivity index (χ4n) is 13.6. The second kappa shape index (κ2) is 26.7. The number of nitriles is 2. The SMILES string of the molecule is C=C(C)C(=O)OC1C2CC3C(=O)OC1C3O2.C=C(C)C(=O)OC1C2CC3C(=O)OC1C3S2.C=C(C)CC#N.C=CC#N.C=COC12CC3CC(CC(O)(C3)C1)C2.C=COC1CC2CCC1C2.C=COC1CCCCC1. The van der Waals surface area contributed by atoms with Crippen LogP contribution in [0.1, 0.15) is 136 Å². The molecule has 0 aromatic rings. The molecular weight excluding hydrogens is 977 g/mol. The summed E-state index contributed by atoms with van der Waals surface area (Å²) in [5.74, 6) is 1.90. The zero-order valence-corrected chi connectivity index (χ0v) is 45.2. The lowest BCUT2D eigenvalue weighted by Gasteiger charge is -2.59. The topological polar surface area (TPSA) is 210 Å². The molecule has 0 aromatic heterocycles. The molecule has 13 fully saturated rings. The molecule has 10 bridgehead atoms. The number of ether oxygens (including phenoxy) is 8. The highest BCUT2D eigenvalue weighted by Crippen LogP contribution is 2.59. The Balaban J connectivity index is 0.000000148. The third kappa shape index (κ3) is 14.8. The van der Waals surface area contributed by atoms with Crippen LogP contribution in [-0.4, -0.2) is 99.5 Å². The highest BCUT2D eigenvalue weighted by Gasteiger charge is 2.66. The first-order valence-corrected chi connectivity index (χ1v) is 27.8. The smallest absolute Gasteiger partial charge is 0.333 e. The van der Waals surface area contributed by atoms with Gasteiger partial charge in [0.25, 0.3) is 0 Å². The van der Waals surface area contributed by atoms with Crippen molar-refractivity contribution in [3.8, 4) is 12.1 Å². The Morgan fingerprint density at radius 3 is 1.85 bits per heavy atom. The predicted molar refractivity (Wildman–Crippen MR) is 282 cm³/mol. The number of allylic oxidation sites excluding steroid dienone is 2. The fraction of sp³-hybridized carbons (Fsp3) is 0.661. The van der Waals surface area contributed by atoms with Gasteiger partial charge in [-0.3, -0.25) is 9.59 Å². The minimum atomic E-state index is -0.461. The number of nitrogens with zero attached hydrogens (tertiary/aromatic N) is 2. The number of aliphatic hydroxyl groups is 1. The summed E-state index contributed by atoms with van der Waals surface area (Å²) in [6, 6.07) is 3.66. The van der Waals surface area contributed by atoms with Gasteiger partial charge in [0.05, 0.1) is 72.2 Å². The van der Waals surface area contributed by atoms with Gasteiger partial charge in [-0.15, -0.1) is 11.8 Å². The van der Waals surface area contributed by atoms with E-state index in [9.17, 15) is 24.3 Å². The van der Waals surface area contributed by atoms with Crippen LogP contribution in [0.15, 0.2) is 87.6 Å². The van der Waals surface area contributed by atoms with Crippen molar-refractivity contribution in [2.75, 3.05) is 0 Å². The van der Waals surface area contributed by atoms with Crippen molar-refractivity contribution < 1.29 is 62.2 Å². The molecule has 13 rings (SSSR count). The summed E-state index contributed by atoms with van der Waals surface area (Å²) in [7, 11) is 0. The van der Waals surface area contributed by atoms with Gasteiger partial charge in [-0.05, 0) is 141 Å². The molecule has 75 heavy (non-hydrogen) atoms. The molecule has 15 unspecified atom stereocenters. The molecule has 7 aliphatic carbocycles. The summed E-state index contributed by atoms with van der Waals surface area (Å²) in [5, 5.41) is 26.2. The molecular formula is C59H80N2O13S. The van der Waals surface area contributed by atoms with Gasteiger partial charge in [0.1, 0.15) is 17.8 Å². The predicted octanol–water partition coefficient (Wildman–Crippen LogP) is 10.3. The Labute approximate surface area is 448 Å². The average Bonchev–Trinajstić information content (AvgIpc) is 4.25. The molecule has 6 saturated heterocycles. The molecule has 13 aliphatic rings. The van der Waals surface area contributed by atoms with Crippen molar-refractivity contribution in [3.63, 3.8) is 0 Å². The zero-order chi connectivity index (χ0) is 54.6. The molecule has 1 N–H and O–H groups in total. The van der Waals surface area contributed by atoms with E-state index in [4.69, 9.17) is 48.4 Å². The van der Waals surface area contributed by atoms with Gasteiger partial charge in [-0.25, -0.2) is 9.59 Å². The molecule has 0 spiro atoms. The molecule has 15 nitrogen and oxygen atoms in total. The lowest BCUT2D eigenvalue weighted by molar-refractivity contribution is -0.201. The molecule has 0 radical (unpaired) electrons. The minimum Gasteiger partial charge on any atom is -0.499 e. The van der Waals surface area contributed by atoms with Gasteiger partial charge < -0.3 is 43.0 Å². The van der Waals surface area contributed by atoms with Crippen LogP contribution in [0.2, 0.25) is 0 Å². The number of thioether (sulfide) groups is 1. The quantitative estimate of drug-likeness (QED) is 0.0509. The van der Waals surface area contributed by atoms with E-state index < -0.39 is 29.7 Å². The lowest BCUT2D eigenvalue weighted by Crippen LogP contribution is -2.59. The van der Waals surface area contributed by atoms with Crippen LogP contribution < -0.4 is 0 Å². The number of hydrogen-bond donors (Lipinski definition) is 1. The highest BCUT2D eigenvalue weighted by molar-refractivity contribution is 8.01. The van der Waals surface area contributed by atoms with E-state index in [2.05, 4.69) is 46.1 Å². The van der Waals surface area contributed by atoms with Crippen LogP contribution in [0.25, 0.3) is 0 Å². The van der Waals surface area contributed by atoms with Crippen LogP contribution in [0.3, 0.4) is 0 Å². The van der Waals surface area contributed by atoms with E-state index in [1.54, 1.807) is 50.5 Å². The average molecular weight is 1060 g/mol. The summed E-state index contributed by atoms with van der Waals surface area (Å²) < 4.78 is 42.9. The normalized spacial score (nSPS) is 37.8. The lowest BCUT2D eigenvalue weighted by atomic mass is 9.52. The Bertz CT molecular complexity index is 2140. The third-order valence-corrected chi connectivity index (χ3v) is 18.0.